The molecule has 182 valence electrons. The summed E-state index contributed by atoms with van der Waals surface area (Å²) in [5.41, 5.74) is 4.03. The van der Waals surface area contributed by atoms with E-state index in [1.807, 2.05) is 30.3 Å². The SMILES string of the molecule is CCCCC(CC)Cc1c(C=O)[nH]c(C(=O)OCc2ccccc2)c1CC(CC)CCCC. The Kier molecular flexibility index (Phi) is 12.0. The molecule has 4 nitrogen and oxygen atoms in total. The Morgan fingerprint density at radius 3 is 2.00 bits per heavy atom. The highest BCUT2D eigenvalue weighted by atomic mass is 16.5. The average Bonchev–Trinajstić information content (AvgIpc) is 3.20. The number of ether oxygens (including phenoxy) is 1. The van der Waals surface area contributed by atoms with E-state index in [2.05, 4.69) is 32.7 Å². The van der Waals surface area contributed by atoms with Crippen LogP contribution in [0.1, 0.15) is 117 Å². The number of aromatic amines is 1. The maximum Gasteiger partial charge on any atom is 0.355 e. The number of H-pyrrole nitrogens is 1. The predicted molar refractivity (Wildman–Crippen MR) is 136 cm³/mol. The second kappa shape index (κ2) is 14.7. The van der Waals surface area contributed by atoms with Crippen molar-refractivity contribution >= 4 is 12.3 Å². The number of nitrogens with one attached hydrogen (secondary N) is 1. The van der Waals surface area contributed by atoms with Crippen LogP contribution in [0.2, 0.25) is 0 Å². The first-order chi connectivity index (χ1) is 16.1. The summed E-state index contributed by atoms with van der Waals surface area (Å²) in [6, 6.07) is 9.71. The fraction of sp³-hybridized carbons (Fsp3) is 0.586. The van der Waals surface area contributed by atoms with Gasteiger partial charge in [-0.1, -0.05) is 109 Å². The van der Waals surface area contributed by atoms with E-state index >= 15 is 0 Å². The first-order valence-corrected chi connectivity index (χ1v) is 13.0. The molecule has 1 aromatic carbocycles. The minimum Gasteiger partial charge on any atom is -0.456 e. The normalized spacial score (nSPS) is 13.0. The molecule has 0 aliphatic rings. The van der Waals surface area contributed by atoms with Crippen LogP contribution in [0.4, 0.5) is 0 Å². The molecule has 1 N–H and O–H groups in total. The van der Waals surface area contributed by atoms with Crippen LogP contribution < -0.4 is 0 Å². The average molecular weight is 454 g/mol. The number of carbonyl (C=O) groups excluding carboxylic acids is 2. The van der Waals surface area contributed by atoms with Crippen LogP contribution in [0.15, 0.2) is 30.3 Å². The molecule has 4 heteroatoms. The molecule has 0 bridgehead atoms. The molecular weight excluding hydrogens is 410 g/mol. The van der Waals surface area contributed by atoms with E-state index in [1.165, 1.54) is 19.3 Å². The number of unbranched alkanes of at least 4 members (excludes halogenated alkanes) is 2. The van der Waals surface area contributed by atoms with Crippen molar-refractivity contribution in [2.75, 3.05) is 0 Å². The number of benzene rings is 1. The van der Waals surface area contributed by atoms with E-state index < -0.39 is 0 Å². The van der Waals surface area contributed by atoms with Crippen molar-refractivity contribution in [3.63, 3.8) is 0 Å². The molecule has 0 aliphatic heterocycles. The van der Waals surface area contributed by atoms with E-state index in [4.69, 9.17) is 4.74 Å². The van der Waals surface area contributed by atoms with Crippen LogP contribution in [-0.2, 0) is 24.2 Å². The molecule has 0 fully saturated rings. The molecule has 0 spiro atoms. The molecule has 2 aromatic rings. The van der Waals surface area contributed by atoms with E-state index in [0.717, 1.165) is 67.9 Å². The van der Waals surface area contributed by atoms with E-state index in [9.17, 15) is 9.59 Å². The summed E-state index contributed by atoms with van der Waals surface area (Å²) in [5.74, 6) is 0.646. The van der Waals surface area contributed by atoms with Gasteiger partial charge in [-0.2, -0.15) is 0 Å². The van der Waals surface area contributed by atoms with Gasteiger partial charge in [-0.3, -0.25) is 4.79 Å². The van der Waals surface area contributed by atoms with Gasteiger partial charge in [0.25, 0.3) is 0 Å². The molecule has 1 aromatic heterocycles. The van der Waals surface area contributed by atoms with Gasteiger partial charge in [0.1, 0.15) is 12.3 Å². The highest BCUT2D eigenvalue weighted by molar-refractivity contribution is 5.92. The third kappa shape index (κ3) is 8.17. The molecule has 2 rings (SSSR count). The molecular formula is C29H43NO3. The van der Waals surface area contributed by atoms with Crippen molar-refractivity contribution in [1.29, 1.82) is 0 Å². The summed E-state index contributed by atoms with van der Waals surface area (Å²) in [5, 5.41) is 0. The molecule has 0 saturated heterocycles. The Labute approximate surface area is 200 Å². The van der Waals surface area contributed by atoms with Crippen LogP contribution in [0, 0.1) is 11.8 Å². The van der Waals surface area contributed by atoms with Crippen LogP contribution in [0.5, 0.6) is 0 Å². The van der Waals surface area contributed by atoms with Gasteiger partial charge in [-0.05, 0) is 41.4 Å². The number of hydrogen-bond donors (Lipinski definition) is 1. The third-order valence-electron chi connectivity index (χ3n) is 6.86. The van der Waals surface area contributed by atoms with Crippen LogP contribution in [-0.4, -0.2) is 17.2 Å². The Morgan fingerprint density at radius 2 is 1.48 bits per heavy atom. The minimum absolute atomic E-state index is 0.227. The molecule has 1 heterocycles. The molecule has 0 amide bonds. The van der Waals surface area contributed by atoms with Crippen molar-refractivity contribution in [3.8, 4) is 0 Å². The molecule has 33 heavy (non-hydrogen) atoms. The van der Waals surface area contributed by atoms with Gasteiger partial charge in [0.2, 0.25) is 0 Å². The number of esters is 1. The molecule has 0 radical (unpaired) electrons. The predicted octanol–water partition coefficient (Wildman–Crippen LogP) is 7.70. The van der Waals surface area contributed by atoms with Gasteiger partial charge < -0.3 is 9.72 Å². The first kappa shape index (κ1) is 26.9. The minimum atomic E-state index is -0.366. The number of aldehydes is 1. The summed E-state index contributed by atoms with van der Waals surface area (Å²) < 4.78 is 5.67. The second-order valence-electron chi connectivity index (χ2n) is 9.29. The summed E-state index contributed by atoms with van der Waals surface area (Å²) in [6.45, 7) is 9.09. The number of carbonyl (C=O) groups is 2. The summed E-state index contributed by atoms with van der Waals surface area (Å²) in [4.78, 5) is 28.3. The lowest BCUT2D eigenvalue weighted by Gasteiger charge is -2.19. The lowest BCUT2D eigenvalue weighted by atomic mass is 9.85. The highest BCUT2D eigenvalue weighted by Gasteiger charge is 2.26. The Balaban J connectivity index is 2.36. The molecule has 2 atom stereocenters. The van der Waals surface area contributed by atoms with E-state index in [1.54, 1.807) is 0 Å². The van der Waals surface area contributed by atoms with Crippen LogP contribution in [0.3, 0.4) is 0 Å². The van der Waals surface area contributed by atoms with E-state index in [0.29, 0.717) is 23.2 Å². The summed E-state index contributed by atoms with van der Waals surface area (Å²) >= 11 is 0. The van der Waals surface area contributed by atoms with E-state index in [-0.39, 0.29) is 12.6 Å². The summed E-state index contributed by atoms with van der Waals surface area (Å²) in [6.07, 6.45) is 11.7. The van der Waals surface area contributed by atoms with Crippen molar-refractivity contribution in [2.45, 2.75) is 98.5 Å². The van der Waals surface area contributed by atoms with Gasteiger partial charge in [0.15, 0.2) is 6.29 Å². The maximum absolute atomic E-state index is 13.2. The summed E-state index contributed by atoms with van der Waals surface area (Å²) in [7, 11) is 0. The van der Waals surface area contributed by atoms with Crippen LogP contribution in [0.25, 0.3) is 0 Å². The fourth-order valence-electron chi connectivity index (χ4n) is 4.59. The monoisotopic (exact) mass is 453 g/mol. The van der Waals surface area contributed by atoms with Crippen molar-refractivity contribution in [1.82, 2.24) is 4.98 Å². The fourth-order valence-corrected chi connectivity index (χ4v) is 4.59. The number of hydrogen-bond acceptors (Lipinski definition) is 3. The first-order valence-electron chi connectivity index (χ1n) is 13.0. The number of aromatic nitrogens is 1. The lowest BCUT2D eigenvalue weighted by Crippen LogP contribution is -2.13. The zero-order valence-electron chi connectivity index (χ0n) is 21.1. The zero-order chi connectivity index (χ0) is 24.1. The van der Waals surface area contributed by atoms with Gasteiger partial charge in [-0.25, -0.2) is 4.79 Å². The highest BCUT2D eigenvalue weighted by Crippen LogP contribution is 2.30. The molecule has 0 aliphatic carbocycles. The van der Waals surface area contributed by atoms with Crippen molar-refractivity contribution < 1.29 is 14.3 Å². The Hall–Kier alpha value is -2.36. The third-order valence-corrected chi connectivity index (χ3v) is 6.86. The standard InChI is InChI=1S/C29H43NO3/c1-5-9-14-22(7-3)18-25-26(19-23(8-4)15-10-6-2)28(30-27(25)20-31)29(32)33-21-24-16-12-11-13-17-24/h11-13,16-17,20,22-23,30H,5-10,14-15,18-19,21H2,1-4H3. The lowest BCUT2D eigenvalue weighted by molar-refractivity contribution is 0.0465. The maximum atomic E-state index is 13.2. The Morgan fingerprint density at radius 1 is 0.909 bits per heavy atom. The quantitative estimate of drug-likeness (QED) is 0.209. The van der Waals surface area contributed by atoms with Crippen molar-refractivity contribution in [3.05, 3.63) is 58.4 Å². The van der Waals surface area contributed by atoms with Gasteiger partial charge in [0.05, 0.1) is 5.69 Å². The zero-order valence-corrected chi connectivity index (χ0v) is 21.1. The van der Waals surface area contributed by atoms with Gasteiger partial charge >= 0.3 is 5.97 Å². The Bertz CT molecular complexity index is 840. The smallest absolute Gasteiger partial charge is 0.355 e. The van der Waals surface area contributed by atoms with Crippen molar-refractivity contribution in [2.24, 2.45) is 11.8 Å². The van der Waals surface area contributed by atoms with Gasteiger partial charge in [-0.15, -0.1) is 0 Å². The topological polar surface area (TPSA) is 59.2 Å². The molecule has 0 saturated carbocycles. The molecule has 2 unspecified atom stereocenters. The van der Waals surface area contributed by atoms with Gasteiger partial charge in [0, 0.05) is 0 Å². The largest absolute Gasteiger partial charge is 0.456 e. The number of rotatable bonds is 16. The second-order valence-corrected chi connectivity index (χ2v) is 9.29. The van der Waals surface area contributed by atoms with Crippen LogP contribution >= 0.6 is 0 Å².